The Labute approximate surface area is 126 Å². The molecule has 108 valence electrons. The molecule has 0 aliphatic heterocycles. The summed E-state index contributed by atoms with van der Waals surface area (Å²) in [5, 5.41) is 11.1. The second-order valence-electron chi connectivity index (χ2n) is 4.76. The van der Waals surface area contributed by atoms with E-state index < -0.39 is 0 Å². The Morgan fingerprint density at radius 2 is 2.25 bits per heavy atom. The molecule has 20 heavy (non-hydrogen) atoms. The zero-order chi connectivity index (χ0) is 14.7. The van der Waals surface area contributed by atoms with Gasteiger partial charge in [-0.25, -0.2) is 9.89 Å². The summed E-state index contributed by atoms with van der Waals surface area (Å²) in [4.78, 5) is 12.4. The van der Waals surface area contributed by atoms with Gasteiger partial charge in [-0.3, -0.25) is 4.57 Å². The van der Waals surface area contributed by atoms with E-state index in [9.17, 15) is 4.79 Å². The number of hydrogen-bond acceptors (Lipinski definition) is 4. The molecule has 0 amide bonds. The molecule has 0 spiro atoms. The molecule has 0 aliphatic carbocycles. The van der Waals surface area contributed by atoms with Gasteiger partial charge in [0, 0.05) is 29.6 Å². The summed E-state index contributed by atoms with van der Waals surface area (Å²) in [6.45, 7) is 4.91. The van der Waals surface area contributed by atoms with E-state index in [1.165, 1.54) is 16.3 Å². The predicted octanol–water partition coefficient (Wildman–Crippen LogP) is 2.41. The molecule has 2 N–H and O–H groups in total. The average molecular weight is 313 g/mol. The molecule has 0 atom stereocenters. The number of rotatable bonds is 5. The quantitative estimate of drug-likeness (QED) is 0.890. The first kappa shape index (κ1) is 15.2. The summed E-state index contributed by atoms with van der Waals surface area (Å²) in [6.07, 6.45) is 0. The number of aromatic nitrogens is 3. The molecule has 2 aromatic rings. The molecule has 0 aliphatic rings. The zero-order valence-electron chi connectivity index (χ0n) is 11.6. The van der Waals surface area contributed by atoms with Crippen molar-refractivity contribution >= 4 is 23.4 Å². The zero-order valence-corrected chi connectivity index (χ0v) is 13.2. The number of nitrogens with one attached hydrogen (secondary N) is 2. The Bertz CT molecular complexity index is 650. The van der Waals surface area contributed by atoms with E-state index in [0.717, 1.165) is 17.0 Å². The third kappa shape index (κ3) is 3.65. The van der Waals surface area contributed by atoms with Crippen LogP contribution >= 0.6 is 23.4 Å². The molecule has 1 aromatic carbocycles. The second-order valence-corrected chi connectivity index (χ2v) is 6.21. The second kappa shape index (κ2) is 6.47. The molecule has 0 bridgehead atoms. The molecule has 5 nitrogen and oxygen atoms in total. The molecular weight excluding hydrogens is 296 g/mol. The standard InChI is InChI=1S/C13H17ClN4OS/c1-8(2)15-7-9-6-10(14)4-5-11(9)20-13-17-16-12(19)18(13)3/h4-6,8,15H,7H2,1-3H3,(H,16,19). The summed E-state index contributed by atoms with van der Waals surface area (Å²) in [7, 11) is 1.69. The van der Waals surface area contributed by atoms with Crippen molar-refractivity contribution in [3.05, 3.63) is 39.3 Å². The van der Waals surface area contributed by atoms with E-state index >= 15 is 0 Å². The van der Waals surface area contributed by atoms with Crippen molar-refractivity contribution in [1.82, 2.24) is 20.1 Å². The van der Waals surface area contributed by atoms with Crippen molar-refractivity contribution in [2.24, 2.45) is 7.05 Å². The van der Waals surface area contributed by atoms with E-state index in [4.69, 9.17) is 11.6 Å². The monoisotopic (exact) mass is 312 g/mol. The topological polar surface area (TPSA) is 62.7 Å². The first-order valence-electron chi connectivity index (χ1n) is 6.28. The molecule has 2 rings (SSSR count). The van der Waals surface area contributed by atoms with Crippen LogP contribution in [0.3, 0.4) is 0 Å². The maximum absolute atomic E-state index is 11.4. The smallest absolute Gasteiger partial charge is 0.310 e. The lowest BCUT2D eigenvalue weighted by molar-refractivity contribution is 0.584. The van der Waals surface area contributed by atoms with Gasteiger partial charge in [0.2, 0.25) is 0 Å². The van der Waals surface area contributed by atoms with Crippen molar-refractivity contribution in [3.63, 3.8) is 0 Å². The fourth-order valence-corrected chi connectivity index (χ4v) is 2.72. The van der Waals surface area contributed by atoms with E-state index in [0.29, 0.717) is 16.2 Å². The number of aromatic amines is 1. The van der Waals surface area contributed by atoms with Gasteiger partial charge in [-0.1, -0.05) is 25.4 Å². The fraction of sp³-hybridized carbons (Fsp3) is 0.385. The predicted molar refractivity (Wildman–Crippen MR) is 81.4 cm³/mol. The average Bonchev–Trinajstić information content (AvgIpc) is 2.71. The minimum atomic E-state index is -0.219. The fourth-order valence-electron chi connectivity index (χ4n) is 1.62. The molecule has 0 radical (unpaired) electrons. The number of nitrogens with zero attached hydrogens (tertiary/aromatic N) is 2. The van der Waals surface area contributed by atoms with Gasteiger partial charge in [-0.05, 0) is 35.5 Å². The van der Waals surface area contributed by atoms with Crippen LogP contribution in [0.1, 0.15) is 19.4 Å². The molecule has 0 saturated heterocycles. The van der Waals surface area contributed by atoms with Gasteiger partial charge in [0.15, 0.2) is 5.16 Å². The van der Waals surface area contributed by atoms with Crippen molar-refractivity contribution in [1.29, 1.82) is 0 Å². The Hall–Kier alpha value is -1.24. The maximum Gasteiger partial charge on any atom is 0.343 e. The highest BCUT2D eigenvalue weighted by molar-refractivity contribution is 7.99. The number of hydrogen-bond donors (Lipinski definition) is 2. The molecule has 1 heterocycles. The third-order valence-electron chi connectivity index (χ3n) is 2.76. The lowest BCUT2D eigenvalue weighted by Gasteiger charge is -2.12. The number of benzene rings is 1. The first-order valence-corrected chi connectivity index (χ1v) is 7.48. The number of H-pyrrole nitrogens is 1. The van der Waals surface area contributed by atoms with Crippen LogP contribution in [0.5, 0.6) is 0 Å². The molecule has 0 unspecified atom stereocenters. The van der Waals surface area contributed by atoms with Crippen molar-refractivity contribution in [2.45, 2.75) is 36.5 Å². The van der Waals surface area contributed by atoms with Crippen molar-refractivity contribution in [2.75, 3.05) is 0 Å². The highest BCUT2D eigenvalue weighted by atomic mass is 35.5. The minimum Gasteiger partial charge on any atom is -0.310 e. The lowest BCUT2D eigenvalue weighted by atomic mass is 10.2. The van der Waals surface area contributed by atoms with Crippen molar-refractivity contribution in [3.8, 4) is 0 Å². The third-order valence-corrected chi connectivity index (χ3v) is 4.16. The van der Waals surface area contributed by atoms with Crippen molar-refractivity contribution < 1.29 is 0 Å². The van der Waals surface area contributed by atoms with Crippen LogP contribution in [0.4, 0.5) is 0 Å². The van der Waals surface area contributed by atoms with E-state index in [-0.39, 0.29) is 5.69 Å². The summed E-state index contributed by atoms with van der Waals surface area (Å²) in [5.41, 5.74) is 0.870. The van der Waals surface area contributed by atoms with Gasteiger partial charge in [0.05, 0.1) is 0 Å². The normalized spacial score (nSPS) is 11.2. The number of halogens is 1. The van der Waals surface area contributed by atoms with Gasteiger partial charge < -0.3 is 5.32 Å². The summed E-state index contributed by atoms with van der Waals surface area (Å²) >= 11 is 7.50. The van der Waals surface area contributed by atoms with E-state index in [2.05, 4.69) is 29.4 Å². The van der Waals surface area contributed by atoms with Crippen LogP contribution in [0.15, 0.2) is 33.0 Å². The maximum atomic E-state index is 11.4. The molecule has 7 heteroatoms. The summed E-state index contributed by atoms with van der Waals surface area (Å²) in [5.74, 6) is 0. The lowest BCUT2D eigenvalue weighted by Crippen LogP contribution is -2.22. The van der Waals surface area contributed by atoms with Crippen LogP contribution in [0.2, 0.25) is 5.02 Å². The highest BCUT2D eigenvalue weighted by Gasteiger charge is 2.11. The minimum absolute atomic E-state index is 0.219. The SMILES string of the molecule is CC(C)NCc1cc(Cl)ccc1Sc1n[nH]c(=O)n1C. The van der Waals surface area contributed by atoms with Crippen LogP contribution < -0.4 is 11.0 Å². The van der Waals surface area contributed by atoms with Gasteiger partial charge in [0.25, 0.3) is 0 Å². The molecular formula is C13H17ClN4OS. The summed E-state index contributed by atoms with van der Waals surface area (Å²) in [6, 6.07) is 6.11. The molecule has 1 aromatic heterocycles. The first-order chi connectivity index (χ1) is 9.47. The van der Waals surface area contributed by atoms with Gasteiger partial charge >= 0.3 is 5.69 Å². The van der Waals surface area contributed by atoms with E-state index in [1.54, 1.807) is 7.05 Å². The molecule has 0 saturated carbocycles. The van der Waals surface area contributed by atoms with Crippen LogP contribution in [-0.4, -0.2) is 20.8 Å². The van der Waals surface area contributed by atoms with E-state index in [1.807, 2.05) is 18.2 Å². The van der Waals surface area contributed by atoms with Gasteiger partial charge in [-0.2, -0.15) is 0 Å². The summed E-state index contributed by atoms with van der Waals surface area (Å²) < 4.78 is 1.49. The Morgan fingerprint density at radius 3 is 2.85 bits per heavy atom. The largest absolute Gasteiger partial charge is 0.343 e. The van der Waals surface area contributed by atoms with Crippen LogP contribution in [-0.2, 0) is 13.6 Å². The Kier molecular flexibility index (Phi) is 4.91. The highest BCUT2D eigenvalue weighted by Crippen LogP contribution is 2.30. The Balaban J connectivity index is 2.26. The molecule has 0 fully saturated rings. The van der Waals surface area contributed by atoms with Crippen LogP contribution in [0, 0.1) is 0 Å². The van der Waals surface area contributed by atoms with Crippen LogP contribution in [0.25, 0.3) is 0 Å². The van der Waals surface area contributed by atoms with Gasteiger partial charge in [-0.15, -0.1) is 5.10 Å². The van der Waals surface area contributed by atoms with Gasteiger partial charge in [0.1, 0.15) is 0 Å². The Morgan fingerprint density at radius 1 is 1.50 bits per heavy atom.